The molecule has 0 unspecified atom stereocenters. The summed E-state index contributed by atoms with van der Waals surface area (Å²) in [6, 6.07) is 15.2. The molecule has 0 saturated carbocycles. The number of rotatable bonds is 3. The van der Waals surface area contributed by atoms with Crippen molar-refractivity contribution >= 4 is 32.6 Å². The quantitative estimate of drug-likeness (QED) is 0.589. The average molecular weight is 315 g/mol. The number of H-pyrrole nitrogens is 1. The Hall–Kier alpha value is -1.94. The van der Waals surface area contributed by atoms with Gasteiger partial charge < -0.3 is 0 Å². The first-order chi connectivity index (χ1) is 9.25. The van der Waals surface area contributed by atoms with E-state index < -0.39 is 0 Å². The summed E-state index contributed by atoms with van der Waals surface area (Å²) in [6.07, 6.45) is 1.72. The highest BCUT2D eigenvalue weighted by Gasteiger charge is 2.18. The fraction of sp³-hybridized carbons (Fsp3) is 0.0667. The van der Waals surface area contributed by atoms with Gasteiger partial charge in [-0.15, -0.1) is 0 Å². The minimum atomic E-state index is -0.321. The highest BCUT2D eigenvalue weighted by molar-refractivity contribution is 9.09. The summed E-state index contributed by atoms with van der Waals surface area (Å²) in [5, 5.41) is 7.77. The van der Waals surface area contributed by atoms with E-state index in [9.17, 15) is 4.79 Å². The molecule has 3 nitrogen and oxygen atoms in total. The van der Waals surface area contributed by atoms with Crippen molar-refractivity contribution in [2.75, 3.05) is 0 Å². The molecule has 19 heavy (non-hydrogen) atoms. The molecule has 1 heterocycles. The number of ketones is 1. The van der Waals surface area contributed by atoms with Crippen LogP contribution in [0.15, 0.2) is 54.7 Å². The van der Waals surface area contributed by atoms with E-state index in [-0.39, 0.29) is 10.6 Å². The molecule has 1 atom stereocenters. The second-order valence-electron chi connectivity index (χ2n) is 4.31. The molecule has 0 amide bonds. The smallest absolute Gasteiger partial charge is 0.180 e. The first-order valence-corrected chi connectivity index (χ1v) is 6.83. The van der Waals surface area contributed by atoms with Gasteiger partial charge in [-0.25, -0.2) is 0 Å². The van der Waals surface area contributed by atoms with Gasteiger partial charge in [0.2, 0.25) is 0 Å². The number of benzene rings is 2. The minimum absolute atomic E-state index is 0.0503. The Kier molecular flexibility index (Phi) is 3.17. The standard InChI is InChI=1S/C15H11BrN2O/c16-14(10-4-2-1-3-5-10)15(19)11-6-7-13-12(8-11)9-17-18-13/h1-9,14H,(H,17,18)/t14-/m1/s1. The molecule has 0 fully saturated rings. The third-order valence-electron chi connectivity index (χ3n) is 3.05. The maximum atomic E-state index is 12.4. The van der Waals surface area contributed by atoms with Crippen LogP contribution in [0.5, 0.6) is 0 Å². The lowest BCUT2D eigenvalue weighted by Crippen LogP contribution is -2.06. The molecule has 2 aromatic carbocycles. The van der Waals surface area contributed by atoms with Crippen LogP contribution in [0.2, 0.25) is 0 Å². The van der Waals surface area contributed by atoms with Gasteiger partial charge in [-0.2, -0.15) is 5.10 Å². The van der Waals surface area contributed by atoms with Gasteiger partial charge in [-0.05, 0) is 23.8 Å². The zero-order chi connectivity index (χ0) is 13.2. The van der Waals surface area contributed by atoms with Gasteiger partial charge >= 0.3 is 0 Å². The number of carbonyl (C=O) groups excluding carboxylic acids is 1. The number of fused-ring (bicyclic) bond motifs is 1. The van der Waals surface area contributed by atoms with E-state index in [1.54, 1.807) is 6.20 Å². The van der Waals surface area contributed by atoms with Gasteiger partial charge in [-0.3, -0.25) is 9.89 Å². The molecule has 1 aromatic heterocycles. The largest absolute Gasteiger partial charge is 0.293 e. The van der Waals surface area contributed by atoms with E-state index in [1.807, 2.05) is 48.5 Å². The van der Waals surface area contributed by atoms with E-state index in [2.05, 4.69) is 26.1 Å². The van der Waals surface area contributed by atoms with Crippen LogP contribution in [0.1, 0.15) is 20.7 Å². The molecule has 94 valence electrons. The molecule has 0 saturated heterocycles. The maximum absolute atomic E-state index is 12.4. The Morgan fingerprint density at radius 2 is 1.95 bits per heavy atom. The predicted octanol–water partition coefficient (Wildman–Crippen LogP) is 3.88. The van der Waals surface area contributed by atoms with Crippen LogP contribution in [0.25, 0.3) is 10.9 Å². The van der Waals surface area contributed by atoms with Crippen LogP contribution >= 0.6 is 15.9 Å². The van der Waals surface area contributed by atoms with Crippen molar-refractivity contribution < 1.29 is 4.79 Å². The third-order valence-corrected chi connectivity index (χ3v) is 3.99. The summed E-state index contributed by atoms with van der Waals surface area (Å²) in [4.78, 5) is 12.1. The zero-order valence-corrected chi connectivity index (χ0v) is 11.6. The highest BCUT2D eigenvalue weighted by Crippen LogP contribution is 2.27. The van der Waals surface area contributed by atoms with E-state index >= 15 is 0 Å². The van der Waals surface area contributed by atoms with Gasteiger partial charge in [0.25, 0.3) is 0 Å². The minimum Gasteiger partial charge on any atom is -0.293 e. The van der Waals surface area contributed by atoms with Gasteiger partial charge in [0.1, 0.15) is 4.83 Å². The van der Waals surface area contributed by atoms with Crippen molar-refractivity contribution in [3.8, 4) is 0 Å². The normalized spacial score (nSPS) is 12.5. The number of alkyl halides is 1. The number of carbonyl (C=O) groups is 1. The molecule has 0 aliphatic heterocycles. The lowest BCUT2D eigenvalue weighted by molar-refractivity contribution is 0.0991. The van der Waals surface area contributed by atoms with Crippen molar-refractivity contribution in [2.45, 2.75) is 4.83 Å². The van der Waals surface area contributed by atoms with Crippen molar-refractivity contribution in [2.24, 2.45) is 0 Å². The molecule has 3 aromatic rings. The van der Waals surface area contributed by atoms with Gasteiger partial charge in [0, 0.05) is 10.9 Å². The number of nitrogens with zero attached hydrogens (tertiary/aromatic N) is 1. The molecule has 0 spiro atoms. The second kappa shape index (κ2) is 4.97. The Morgan fingerprint density at radius 1 is 1.16 bits per heavy atom. The maximum Gasteiger partial charge on any atom is 0.180 e. The van der Waals surface area contributed by atoms with Crippen LogP contribution in [-0.2, 0) is 0 Å². The van der Waals surface area contributed by atoms with Crippen LogP contribution in [0.3, 0.4) is 0 Å². The summed E-state index contributed by atoms with van der Waals surface area (Å²) in [6.45, 7) is 0. The lowest BCUT2D eigenvalue weighted by Gasteiger charge is -2.09. The van der Waals surface area contributed by atoms with Gasteiger partial charge in [0.05, 0.1) is 11.7 Å². The average Bonchev–Trinajstić information content (AvgIpc) is 2.94. The Labute approximate surface area is 118 Å². The van der Waals surface area contributed by atoms with E-state index in [0.29, 0.717) is 5.56 Å². The summed E-state index contributed by atoms with van der Waals surface area (Å²) >= 11 is 3.47. The van der Waals surface area contributed by atoms with Crippen molar-refractivity contribution in [3.05, 3.63) is 65.9 Å². The molecular formula is C15H11BrN2O. The molecule has 1 N–H and O–H groups in total. The van der Waals surface area contributed by atoms with Crippen LogP contribution in [0, 0.1) is 0 Å². The number of hydrogen-bond acceptors (Lipinski definition) is 2. The number of nitrogens with one attached hydrogen (secondary N) is 1. The van der Waals surface area contributed by atoms with E-state index in [4.69, 9.17) is 0 Å². The number of aromatic amines is 1. The van der Waals surface area contributed by atoms with Crippen molar-refractivity contribution in [3.63, 3.8) is 0 Å². The summed E-state index contributed by atoms with van der Waals surface area (Å²) in [7, 11) is 0. The molecule has 0 radical (unpaired) electrons. The molecule has 3 rings (SSSR count). The Morgan fingerprint density at radius 3 is 2.74 bits per heavy atom. The second-order valence-corrected chi connectivity index (χ2v) is 5.23. The summed E-state index contributed by atoms with van der Waals surface area (Å²) in [5.74, 6) is 0.0503. The van der Waals surface area contributed by atoms with E-state index in [0.717, 1.165) is 16.5 Å². The molecule has 0 aliphatic rings. The SMILES string of the molecule is O=C(c1ccc2[nH]ncc2c1)[C@H](Br)c1ccccc1. The Balaban J connectivity index is 1.95. The number of halogens is 1. The van der Waals surface area contributed by atoms with Crippen LogP contribution in [-0.4, -0.2) is 16.0 Å². The van der Waals surface area contributed by atoms with Gasteiger partial charge in [0.15, 0.2) is 5.78 Å². The summed E-state index contributed by atoms with van der Waals surface area (Å²) in [5.41, 5.74) is 2.57. The first kappa shape index (κ1) is 12.1. The van der Waals surface area contributed by atoms with Crippen molar-refractivity contribution in [1.29, 1.82) is 0 Å². The molecule has 0 aliphatic carbocycles. The third kappa shape index (κ3) is 2.31. The zero-order valence-electron chi connectivity index (χ0n) is 10.0. The molecule has 4 heteroatoms. The topological polar surface area (TPSA) is 45.8 Å². The fourth-order valence-electron chi connectivity index (χ4n) is 2.02. The highest BCUT2D eigenvalue weighted by atomic mass is 79.9. The molecular weight excluding hydrogens is 304 g/mol. The van der Waals surface area contributed by atoms with Gasteiger partial charge in [-0.1, -0.05) is 46.3 Å². The van der Waals surface area contributed by atoms with Crippen LogP contribution in [0.4, 0.5) is 0 Å². The van der Waals surface area contributed by atoms with E-state index in [1.165, 1.54) is 0 Å². The monoisotopic (exact) mass is 314 g/mol. The lowest BCUT2D eigenvalue weighted by atomic mass is 10.0. The fourth-order valence-corrected chi connectivity index (χ4v) is 2.59. The van der Waals surface area contributed by atoms with Crippen LogP contribution < -0.4 is 0 Å². The number of Topliss-reactive ketones (excluding diaryl/α,β-unsaturated/α-hetero) is 1. The molecule has 0 bridgehead atoms. The number of aromatic nitrogens is 2. The first-order valence-electron chi connectivity index (χ1n) is 5.92. The van der Waals surface area contributed by atoms with Crippen molar-refractivity contribution in [1.82, 2.24) is 10.2 Å². The summed E-state index contributed by atoms with van der Waals surface area (Å²) < 4.78 is 0. The number of hydrogen-bond donors (Lipinski definition) is 1. The predicted molar refractivity (Wildman–Crippen MR) is 78.5 cm³/mol. The Bertz CT molecular complexity index is 721.